The highest BCUT2D eigenvalue weighted by atomic mass is 16.2. The first-order valence-electron chi connectivity index (χ1n) is 9.75. The molecule has 4 rings (SSSR count). The molecule has 2 aromatic rings. The molecule has 2 heterocycles. The van der Waals surface area contributed by atoms with Gasteiger partial charge in [-0.2, -0.15) is 0 Å². The van der Waals surface area contributed by atoms with Crippen molar-refractivity contribution in [3.8, 4) is 0 Å². The van der Waals surface area contributed by atoms with Crippen LogP contribution in [0.25, 0.3) is 0 Å². The molecule has 1 atom stereocenters. The Morgan fingerprint density at radius 1 is 1.00 bits per heavy atom. The van der Waals surface area contributed by atoms with Gasteiger partial charge in [0.2, 0.25) is 11.8 Å². The maximum atomic E-state index is 13.2. The Balaban J connectivity index is 1.61. The number of amides is 6. The smallest absolute Gasteiger partial charge is 0.324 e. The lowest BCUT2D eigenvalue weighted by Gasteiger charge is -2.29. The number of nitrogens with zero attached hydrogens (tertiary/aromatic N) is 3. The van der Waals surface area contributed by atoms with Gasteiger partial charge in [-0.3, -0.25) is 19.2 Å². The number of urea groups is 1. The first-order valence-corrected chi connectivity index (χ1v) is 9.75. The maximum absolute atomic E-state index is 13.2. The van der Waals surface area contributed by atoms with Crippen LogP contribution in [0.1, 0.15) is 18.9 Å². The van der Waals surface area contributed by atoms with Crippen LogP contribution >= 0.6 is 0 Å². The fraction of sp³-hybridized carbons (Fsp3) is 0.227. The number of carbonyl (C=O) groups is 5. The van der Waals surface area contributed by atoms with Crippen molar-refractivity contribution in [2.45, 2.75) is 26.3 Å². The van der Waals surface area contributed by atoms with Gasteiger partial charge in [0, 0.05) is 12.5 Å². The Kier molecular flexibility index (Phi) is 5.02. The minimum atomic E-state index is -1.07. The van der Waals surface area contributed by atoms with Gasteiger partial charge in [-0.15, -0.1) is 0 Å². The summed E-state index contributed by atoms with van der Waals surface area (Å²) in [4.78, 5) is 65.9. The van der Waals surface area contributed by atoms with Crippen molar-refractivity contribution >= 4 is 46.7 Å². The number of rotatable bonds is 3. The van der Waals surface area contributed by atoms with E-state index in [1.54, 1.807) is 55.5 Å². The Morgan fingerprint density at radius 2 is 1.68 bits per heavy atom. The predicted octanol–water partition coefficient (Wildman–Crippen LogP) is 2.05. The highest BCUT2D eigenvalue weighted by molar-refractivity contribution is 6.53. The largest absolute Gasteiger partial charge is 0.339 e. The molecule has 0 bridgehead atoms. The second-order valence-electron chi connectivity index (χ2n) is 7.53. The molecule has 2 aliphatic rings. The average molecular weight is 420 g/mol. The lowest BCUT2D eigenvalue weighted by molar-refractivity contribution is -0.140. The summed E-state index contributed by atoms with van der Waals surface area (Å²) in [5.41, 5.74) is 2.11. The van der Waals surface area contributed by atoms with E-state index in [4.69, 9.17) is 0 Å². The SMILES string of the molecule is Cc1ccc(N2C(=O)C(=O)N(CC(=O)N3c4ccccc4NC(=O)C[C@H]3C)C2=O)cc1. The van der Waals surface area contributed by atoms with Gasteiger partial charge in [0.25, 0.3) is 0 Å². The van der Waals surface area contributed by atoms with Gasteiger partial charge in [-0.1, -0.05) is 29.8 Å². The quantitative estimate of drug-likeness (QED) is 0.604. The molecule has 1 fully saturated rings. The molecule has 0 radical (unpaired) electrons. The maximum Gasteiger partial charge on any atom is 0.339 e. The zero-order valence-electron chi connectivity index (χ0n) is 17.0. The van der Waals surface area contributed by atoms with Gasteiger partial charge in [-0.05, 0) is 38.1 Å². The number of anilines is 3. The van der Waals surface area contributed by atoms with Gasteiger partial charge >= 0.3 is 17.8 Å². The topological polar surface area (TPSA) is 107 Å². The van der Waals surface area contributed by atoms with Crippen molar-refractivity contribution in [3.63, 3.8) is 0 Å². The monoisotopic (exact) mass is 420 g/mol. The van der Waals surface area contributed by atoms with Crippen LogP contribution in [-0.4, -0.2) is 47.1 Å². The first-order chi connectivity index (χ1) is 14.8. The second kappa shape index (κ2) is 7.67. The molecule has 2 aromatic carbocycles. The van der Waals surface area contributed by atoms with Crippen LogP contribution in [0.3, 0.4) is 0 Å². The highest BCUT2D eigenvalue weighted by Crippen LogP contribution is 2.32. The van der Waals surface area contributed by atoms with Crippen molar-refractivity contribution in [2.24, 2.45) is 0 Å². The summed E-state index contributed by atoms with van der Waals surface area (Å²) in [7, 11) is 0. The fourth-order valence-corrected chi connectivity index (χ4v) is 3.75. The van der Waals surface area contributed by atoms with Crippen LogP contribution < -0.4 is 15.1 Å². The molecule has 9 heteroatoms. The molecule has 0 aromatic heterocycles. The molecule has 31 heavy (non-hydrogen) atoms. The van der Waals surface area contributed by atoms with E-state index < -0.39 is 36.3 Å². The minimum Gasteiger partial charge on any atom is -0.324 e. The lowest BCUT2D eigenvalue weighted by atomic mass is 10.1. The van der Waals surface area contributed by atoms with E-state index in [1.807, 2.05) is 6.92 Å². The molecule has 2 aliphatic heterocycles. The summed E-state index contributed by atoms with van der Waals surface area (Å²) in [6.45, 7) is 2.95. The average Bonchev–Trinajstić information content (AvgIpc) is 2.85. The Hall–Kier alpha value is -4.01. The third-order valence-corrected chi connectivity index (χ3v) is 5.27. The van der Waals surface area contributed by atoms with Crippen LogP contribution in [0.5, 0.6) is 0 Å². The number of nitrogens with one attached hydrogen (secondary N) is 1. The van der Waals surface area contributed by atoms with E-state index in [9.17, 15) is 24.0 Å². The molecular weight excluding hydrogens is 400 g/mol. The summed E-state index contributed by atoms with van der Waals surface area (Å²) in [5.74, 6) is -2.90. The summed E-state index contributed by atoms with van der Waals surface area (Å²) >= 11 is 0. The third kappa shape index (κ3) is 3.54. The summed E-state index contributed by atoms with van der Waals surface area (Å²) < 4.78 is 0. The molecule has 158 valence electrons. The number of imide groups is 2. The van der Waals surface area contributed by atoms with Crippen molar-refractivity contribution in [2.75, 3.05) is 21.7 Å². The predicted molar refractivity (Wildman–Crippen MR) is 112 cm³/mol. The van der Waals surface area contributed by atoms with E-state index >= 15 is 0 Å². The van der Waals surface area contributed by atoms with Crippen LogP contribution in [0, 0.1) is 6.92 Å². The van der Waals surface area contributed by atoms with Gasteiger partial charge in [0.15, 0.2) is 0 Å². The molecule has 1 saturated heterocycles. The van der Waals surface area contributed by atoms with Crippen molar-refractivity contribution in [1.29, 1.82) is 0 Å². The molecule has 0 aliphatic carbocycles. The zero-order valence-corrected chi connectivity index (χ0v) is 17.0. The van der Waals surface area contributed by atoms with Gasteiger partial charge < -0.3 is 10.2 Å². The van der Waals surface area contributed by atoms with E-state index in [-0.39, 0.29) is 18.0 Å². The first kappa shape index (κ1) is 20.3. The molecule has 0 unspecified atom stereocenters. The third-order valence-electron chi connectivity index (χ3n) is 5.27. The zero-order chi connectivity index (χ0) is 22.3. The Morgan fingerprint density at radius 3 is 2.39 bits per heavy atom. The lowest BCUT2D eigenvalue weighted by Crippen LogP contribution is -2.47. The summed E-state index contributed by atoms with van der Waals surface area (Å²) in [5, 5.41) is 2.75. The van der Waals surface area contributed by atoms with E-state index in [2.05, 4.69) is 5.32 Å². The van der Waals surface area contributed by atoms with Crippen LogP contribution in [0.2, 0.25) is 0 Å². The molecule has 0 spiro atoms. The van der Waals surface area contributed by atoms with E-state index in [1.165, 1.54) is 4.90 Å². The fourth-order valence-electron chi connectivity index (χ4n) is 3.75. The number of hydrogen-bond donors (Lipinski definition) is 1. The number of carbonyl (C=O) groups excluding carboxylic acids is 5. The van der Waals surface area contributed by atoms with Gasteiger partial charge in [0.1, 0.15) is 6.54 Å². The molecule has 0 saturated carbocycles. The minimum absolute atomic E-state index is 0.0523. The Labute approximate surface area is 178 Å². The molecule has 6 amide bonds. The van der Waals surface area contributed by atoms with Crippen molar-refractivity contribution in [3.05, 3.63) is 54.1 Å². The number of benzene rings is 2. The molecule has 9 nitrogen and oxygen atoms in total. The number of fused-ring (bicyclic) bond motifs is 1. The van der Waals surface area contributed by atoms with E-state index in [0.717, 1.165) is 10.5 Å². The van der Waals surface area contributed by atoms with Crippen LogP contribution in [0.4, 0.5) is 21.9 Å². The number of aryl methyl sites for hydroxylation is 1. The summed E-state index contributed by atoms with van der Waals surface area (Å²) in [6, 6.07) is 12.0. The number of hydrogen-bond acceptors (Lipinski definition) is 5. The summed E-state index contributed by atoms with van der Waals surface area (Å²) in [6.07, 6.45) is 0.0523. The standard InChI is InChI=1S/C22H20N4O5/c1-13-7-9-15(10-8-13)26-21(30)20(29)24(22(26)31)12-19(28)25-14(2)11-18(27)23-16-5-3-4-6-17(16)25/h3-10,14H,11-12H2,1-2H3,(H,23,27)/t14-/m1/s1. The normalized spacial score (nSPS) is 18.8. The highest BCUT2D eigenvalue weighted by Gasteiger charge is 2.47. The number of para-hydroxylation sites is 2. The van der Waals surface area contributed by atoms with E-state index in [0.29, 0.717) is 16.3 Å². The second-order valence-corrected chi connectivity index (χ2v) is 7.53. The molecule has 1 N–H and O–H groups in total. The van der Waals surface area contributed by atoms with Crippen molar-refractivity contribution in [1.82, 2.24) is 4.90 Å². The van der Waals surface area contributed by atoms with Crippen LogP contribution in [-0.2, 0) is 19.2 Å². The van der Waals surface area contributed by atoms with Crippen LogP contribution in [0.15, 0.2) is 48.5 Å². The Bertz CT molecular complexity index is 1110. The van der Waals surface area contributed by atoms with Gasteiger partial charge in [0.05, 0.1) is 17.1 Å². The molecular formula is C22H20N4O5. The van der Waals surface area contributed by atoms with Crippen molar-refractivity contribution < 1.29 is 24.0 Å². The van der Waals surface area contributed by atoms with Gasteiger partial charge in [-0.25, -0.2) is 14.6 Å².